The average Bonchev–Trinajstić information content (AvgIpc) is 3.25. The molecular formula is C20H25N3O7S. The molecule has 1 aromatic heterocycles. The van der Waals surface area contributed by atoms with Gasteiger partial charge < -0.3 is 19.3 Å². The standard InChI is InChI=1S/C20H25N3O7S/c1-27-20-15-5-3-2-4-12(15)7-17(20)30-19-9-18(22-11-23-19)29-14-6-13(16(24)8-14)10-28-31(21,25)26/h2-5,9,11,13-14,16-17,20,24H,6-8,10H2,1H3,(H2,21,25,26)/t13-,14+,16-,17+,20-/m0/s1. The van der Waals surface area contributed by atoms with Gasteiger partial charge in [-0.1, -0.05) is 24.3 Å². The fraction of sp³-hybridized carbons (Fsp3) is 0.500. The van der Waals surface area contributed by atoms with Gasteiger partial charge in [-0.15, -0.1) is 0 Å². The summed E-state index contributed by atoms with van der Waals surface area (Å²) in [5, 5.41) is 15.0. The number of ether oxygens (including phenoxy) is 3. The Bertz CT molecular complexity index is 1020. The molecule has 1 heterocycles. The Hall–Kier alpha value is -2.31. The first kappa shape index (κ1) is 21.9. The van der Waals surface area contributed by atoms with E-state index in [2.05, 4.69) is 20.2 Å². The minimum Gasteiger partial charge on any atom is -0.474 e. The Balaban J connectivity index is 1.37. The minimum atomic E-state index is -4.05. The van der Waals surface area contributed by atoms with Crippen molar-refractivity contribution >= 4 is 10.3 Å². The zero-order valence-electron chi connectivity index (χ0n) is 17.0. The number of aliphatic hydroxyl groups excluding tert-OH is 1. The molecule has 0 bridgehead atoms. The largest absolute Gasteiger partial charge is 0.474 e. The number of hydrogen-bond donors (Lipinski definition) is 2. The molecule has 0 saturated heterocycles. The Kier molecular flexibility index (Phi) is 6.39. The average molecular weight is 452 g/mol. The quantitative estimate of drug-likeness (QED) is 0.598. The lowest BCUT2D eigenvalue weighted by atomic mass is 10.1. The fourth-order valence-electron chi connectivity index (χ4n) is 4.19. The maximum atomic E-state index is 11.0. The molecule has 10 nitrogen and oxygen atoms in total. The van der Waals surface area contributed by atoms with Crippen LogP contribution >= 0.6 is 0 Å². The van der Waals surface area contributed by atoms with Crippen LogP contribution in [0.4, 0.5) is 0 Å². The van der Waals surface area contributed by atoms with Crippen molar-refractivity contribution in [3.8, 4) is 11.8 Å². The molecular weight excluding hydrogens is 426 g/mol. The van der Waals surface area contributed by atoms with Gasteiger partial charge in [0.2, 0.25) is 11.8 Å². The number of nitrogens with two attached hydrogens (primary N) is 1. The molecule has 1 fully saturated rings. The molecule has 2 aliphatic rings. The zero-order chi connectivity index (χ0) is 22.0. The number of fused-ring (bicyclic) bond motifs is 1. The van der Waals surface area contributed by atoms with Gasteiger partial charge in [-0.05, 0) is 17.5 Å². The Morgan fingerprint density at radius 3 is 2.65 bits per heavy atom. The lowest BCUT2D eigenvalue weighted by Gasteiger charge is -2.20. The van der Waals surface area contributed by atoms with E-state index in [9.17, 15) is 13.5 Å². The summed E-state index contributed by atoms with van der Waals surface area (Å²) in [4.78, 5) is 8.29. The van der Waals surface area contributed by atoms with Crippen LogP contribution in [-0.2, 0) is 25.6 Å². The van der Waals surface area contributed by atoms with E-state index in [4.69, 9.17) is 19.3 Å². The van der Waals surface area contributed by atoms with E-state index in [0.29, 0.717) is 31.0 Å². The molecule has 0 spiro atoms. The molecule has 0 amide bonds. The van der Waals surface area contributed by atoms with E-state index < -0.39 is 22.3 Å². The lowest BCUT2D eigenvalue weighted by Crippen LogP contribution is -2.24. The van der Waals surface area contributed by atoms with Gasteiger partial charge in [0, 0.05) is 25.9 Å². The Labute approximate surface area is 180 Å². The minimum absolute atomic E-state index is 0.194. The van der Waals surface area contributed by atoms with E-state index in [-0.39, 0.29) is 24.9 Å². The Morgan fingerprint density at radius 2 is 1.90 bits per heavy atom. The smallest absolute Gasteiger partial charge is 0.333 e. The van der Waals surface area contributed by atoms with Crippen LogP contribution in [0.5, 0.6) is 11.8 Å². The lowest BCUT2D eigenvalue weighted by molar-refractivity contribution is 0.0102. The Morgan fingerprint density at radius 1 is 1.16 bits per heavy atom. The number of nitrogens with zero attached hydrogens (tertiary/aromatic N) is 2. The van der Waals surface area contributed by atoms with Crippen molar-refractivity contribution in [2.45, 2.75) is 43.7 Å². The summed E-state index contributed by atoms with van der Waals surface area (Å²) in [6.45, 7) is -0.196. The van der Waals surface area contributed by atoms with Gasteiger partial charge in [-0.2, -0.15) is 8.42 Å². The highest BCUT2D eigenvalue weighted by atomic mass is 32.2. The fourth-order valence-corrected chi connectivity index (χ4v) is 4.56. The van der Waals surface area contributed by atoms with Crippen molar-refractivity contribution in [1.82, 2.24) is 9.97 Å². The number of rotatable bonds is 8. The van der Waals surface area contributed by atoms with Crippen LogP contribution in [0.2, 0.25) is 0 Å². The normalized spacial score (nSPS) is 27.8. The SMILES string of the molecule is CO[C@H]1c2ccccc2C[C@H]1Oc1cc(O[C@@H]2C[C@@H](COS(N)(=O)=O)[C@@H](O)C2)ncn1. The van der Waals surface area contributed by atoms with Crippen LogP contribution in [-0.4, -0.2) is 55.5 Å². The van der Waals surface area contributed by atoms with Gasteiger partial charge in [0.05, 0.1) is 18.8 Å². The van der Waals surface area contributed by atoms with Gasteiger partial charge in [0.25, 0.3) is 0 Å². The van der Waals surface area contributed by atoms with E-state index in [1.165, 1.54) is 11.9 Å². The van der Waals surface area contributed by atoms with Crippen molar-refractivity contribution < 1.29 is 31.9 Å². The van der Waals surface area contributed by atoms with E-state index in [1.54, 1.807) is 13.2 Å². The molecule has 2 aromatic rings. The zero-order valence-corrected chi connectivity index (χ0v) is 17.8. The summed E-state index contributed by atoms with van der Waals surface area (Å²) < 4.78 is 44.1. The van der Waals surface area contributed by atoms with Crippen LogP contribution < -0.4 is 14.6 Å². The van der Waals surface area contributed by atoms with E-state index >= 15 is 0 Å². The maximum Gasteiger partial charge on any atom is 0.333 e. The van der Waals surface area contributed by atoms with Gasteiger partial charge in [-0.3, -0.25) is 4.18 Å². The van der Waals surface area contributed by atoms with Gasteiger partial charge >= 0.3 is 10.3 Å². The monoisotopic (exact) mass is 451 g/mol. The van der Waals surface area contributed by atoms with Crippen molar-refractivity contribution in [3.63, 3.8) is 0 Å². The highest BCUT2D eigenvalue weighted by Crippen LogP contribution is 2.36. The summed E-state index contributed by atoms with van der Waals surface area (Å²) in [6.07, 6.45) is 1.25. The highest BCUT2D eigenvalue weighted by molar-refractivity contribution is 7.84. The molecule has 168 valence electrons. The molecule has 4 rings (SSSR count). The van der Waals surface area contributed by atoms with Crippen molar-refractivity contribution in [2.75, 3.05) is 13.7 Å². The van der Waals surface area contributed by atoms with Crippen molar-refractivity contribution in [1.29, 1.82) is 0 Å². The van der Waals surface area contributed by atoms with E-state index in [1.807, 2.05) is 18.2 Å². The third kappa shape index (κ3) is 5.31. The third-order valence-corrected chi connectivity index (χ3v) is 6.08. The van der Waals surface area contributed by atoms with Gasteiger partial charge in [-0.25, -0.2) is 15.1 Å². The molecule has 5 atom stereocenters. The van der Waals surface area contributed by atoms with Gasteiger partial charge in [0.1, 0.15) is 24.6 Å². The van der Waals surface area contributed by atoms with Crippen LogP contribution in [0.1, 0.15) is 30.1 Å². The predicted octanol–water partition coefficient (Wildman–Crippen LogP) is 0.906. The highest BCUT2D eigenvalue weighted by Gasteiger charge is 2.36. The first-order chi connectivity index (χ1) is 14.8. The van der Waals surface area contributed by atoms with Crippen LogP contribution in [0.3, 0.4) is 0 Å². The van der Waals surface area contributed by atoms with Crippen molar-refractivity contribution in [3.05, 3.63) is 47.8 Å². The van der Waals surface area contributed by atoms with E-state index in [0.717, 1.165) is 5.56 Å². The number of methoxy groups -OCH3 is 1. The summed E-state index contributed by atoms with van der Waals surface area (Å²) in [7, 11) is -2.40. The van der Waals surface area contributed by atoms with Crippen LogP contribution in [0.25, 0.3) is 0 Å². The molecule has 2 aliphatic carbocycles. The molecule has 1 aromatic carbocycles. The van der Waals surface area contributed by atoms with Gasteiger partial charge in [0.15, 0.2) is 0 Å². The predicted molar refractivity (Wildman–Crippen MR) is 109 cm³/mol. The topological polar surface area (TPSA) is 143 Å². The summed E-state index contributed by atoms with van der Waals surface area (Å²) in [5.41, 5.74) is 2.28. The molecule has 1 saturated carbocycles. The number of aliphatic hydroxyl groups is 1. The van der Waals surface area contributed by atoms with Crippen molar-refractivity contribution in [2.24, 2.45) is 11.1 Å². The summed E-state index contributed by atoms with van der Waals surface area (Å²) >= 11 is 0. The molecule has 0 unspecified atom stereocenters. The second-order valence-electron chi connectivity index (χ2n) is 7.73. The molecule has 0 radical (unpaired) electrons. The molecule has 3 N–H and O–H groups in total. The van der Waals surface area contributed by atoms with Crippen LogP contribution in [0, 0.1) is 5.92 Å². The number of hydrogen-bond acceptors (Lipinski definition) is 9. The van der Waals surface area contributed by atoms with Crippen LogP contribution in [0.15, 0.2) is 36.7 Å². The second kappa shape index (κ2) is 9.05. The summed E-state index contributed by atoms with van der Waals surface area (Å²) in [5.74, 6) is 0.262. The third-order valence-electron chi connectivity index (χ3n) is 5.61. The number of aromatic nitrogens is 2. The first-order valence-electron chi connectivity index (χ1n) is 9.93. The second-order valence-corrected chi connectivity index (χ2v) is 8.95. The summed E-state index contributed by atoms with van der Waals surface area (Å²) in [6, 6.07) is 9.64. The molecule has 0 aliphatic heterocycles. The molecule has 31 heavy (non-hydrogen) atoms. The first-order valence-corrected chi connectivity index (χ1v) is 11.4. The number of benzene rings is 1. The maximum absolute atomic E-state index is 11.0. The molecule has 11 heteroatoms.